The summed E-state index contributed by atoms with van der Waals surface area (Å²) in [5, 5.41) is 3.00. The monoisotopic (exact) mass is 370 g/mol. The molecule has 2 aromatic carbocycles. The van der Waals surface area contributed by atoms with E-state index in [9.17, 15) is 4.79 Å². The summed E-state index contributed by atoms with van der Waals surface area (Å²) in [7, 11) is 3.30. The molecule has 1 amide bonds. The molecule has 0 aliphatic carbocycles. The number of carbonyl (C=O) groups excluding carboxylic acids is 1. The van der Waals surface area contributed by atoms with E-state index in [4.69, 9.17) is 9.47 Å². The Labute approximate surface area is 160 Å². The molecule has 2 N–H and O–H groups in total. The summed E-state index contributed by atoms with van der Waals surface area (Å²) in [5.41, 5.74) is 1.93. The maximum Gasteiger partial charge on any atom is 0.282 e. The molecule has 6 heteroatoms. The lowest BCUT2D eigenvalue weighted by molar-refractivity contribution is -0.914. The van der Waals surface area contributed by atoms with Crippen molar-refractivity contribution in [2.75, 3.05) is 50.6 Å². The van der Waals surface area contributed by atoms with Crippen LogP contribution in [0.3, 0.4) is 0 Å². The summed E-state index contributed by atoms with van der Waals surface area (Å²) in [6, 6.07) is 15.5. The summed E-state index contributed by atoms with van der Waals surface area (Å²) in [5.74, 6) is 1.64. The lowest BCUT2D eigenvalue weighted by atomic mass is 10.2. The van der Waals surface area contributed by atoms with E-state index in [2.05, 4.69) is 22.3 Å². The third-order valence-corrected chi connectivity index (χ3v) is 5.17. The van der Waals surface area contributed by atoms with E-state index in [1.54, 1.807) is 14.2 Å². The number of quaternary nitrogens is 1. The predicted octanol–water partition coefficient (Wildman–Crippen LogP) is 1.44. The average Bonchev–Trinajstić information content (AvgIpc) is 2.73. The van der Waals surface area contributed by atoms with Crippen molar-refractivity contribution in [3.05, 3.63) is 48.5 Å². The number of benzene rings is 2. The van der Waals surface area contributed by atoms with Crippen LogP contribution in [0.5, 0.6) is 11.5 Å². The minimum atomic E-state index is -0.108. The lowest BCUT2D eigenvalue weighted by Crippen LogP contribution is -3.19. The quantitative estimate of drug-likeness (QED) is 0.808. The molecule has 2 aromatic rings. The van der Waals surface area contributed by atoms with Gasteiger partial charge in [-0.3, -0.25) is 4.79 Å². The summed E-state index contributed by atoms with van der Waals surface area (Å²) in [6.45, 7) is 5.67. The first-order valence-electron chi connectivity index (χ1n) is 9.29. The standard InChI is InChI=1S/C21H27N3O3/c1-16(21(25)22-17-6-4-8-19(14-17)26-2)23-10-12-24(13-11-23)18-7-5-9-20(15-18)27-3/h4-9,14-16H,10-13H2,1-3H3,(H,22,25)/p+1/t16-/m1/s1. The SMILES string of the molecule is COc1cccc(NC(=O)[C@@H](C)[NH+]2CCN(c3cccc(OC)c3)CC2)c1. The van der Waals surface area contributed by atoms with E-state index in [-0.39, 0.29) is 11.9 Å². The van der Waals surface area contributed by atoms with E-state index in [1.165, 1.54) is 10.6 Å². The molecule has 1 atom stereocenters. The van der Waals surface area contributed by atoms with Crippen LogP contribution in [0.15, 0.2) is 48.5 Å². The maximum absolute atomic E-state index is 12.6. The first kappa shape index (κ1) is 19.0. The highest BCUT2D eigenvalue weighted by molar-refractivity contribution is 5.93. The Morgan fingerprint density at radius 3 is 2.33 bits per heavy atom. The zero-order valence-corrected chi connectivity index (χ0v) is 16.2. The molecular formula is C21H28N3O3+. The van der Waals surface area contributed by atoms with Crippen LogP contribution in [-0.2, 0) is 4.79 Å². The van der Waals surface area contributed by atoms with Crippen molar-refractivity contribution in [1.29, 1.82) is 0 Å². The molecule has 1 aliphatic rings. The first-order valence-corrected chi connectivity index (χ1v) is 9.29. The van der Waals surface area contributed by atoms with Gasteiger partial charge in [-0.05, 0) is 31.2 Å². The maximum atomic E-state index is 12.6. The van der Waals surface area contributed by atoms with Crippen LogP contribution in [0.1, 0.15) is 6.92 Å². The van der Waals surface area contributed by atoms with Crippen molar-refractivity contribution in [3.63, 3.8) is 0 Å². The van der Waals surface area contributed by atoms with Gasteiger partial charge in [0, 0.05) is 23.5 Å². The Balaban J connectivity index is 1.55. The van der Waals surface area contributed by atoms with Crippen molar-refractivity contribution in [1.82, 2.24) is 0 Å². The van der Waals surface area contributed by atoms with Gasteiger partial charge in [0.1, 0.15) is 11.5 Å². The highest BCUT2D eigenvalue weighted by Crippen LogP contribution is 2.21. The molecule has 1 saturated heterocycles. The Kier molecular flexibility index (Phi) is 6.19. The smallest absolute Gasteiger partial charge is 0.282 e. The average molecular weight is 370 g/mol. The number of nitrogens with zero attached hydrogens (tertiary/aromatic N) is 1. The Morgan fingerprint density at radius 1 is 1.04 bits per heavy atom. The van der Waals surface area contributed by atoms with Crippen molar-refractivity contribution in [2.45, 2.75) is 13.0 Å². The summed E-state index contributed by atoms with van der Waals surface area (Å²) < 4.78 is 10.5. The largest absolute Gasteiger partial charge is 0.497 e. The van der Waals surface area contributed by atoms with Gasteiger partial charge < -0.3 is 24.6 Å². The van der Waals surface area contributed by atoms with Crippen LogP contribution in [-0.4, -0.2) is 52.3 Å². The number of amides is 1. The molecule has 144 valence electrons. The highest BCUT2D eigenvalue weighted by atomic mass is 16.5. The second-order valence-corrected chi connectivity index (χ2v) is 6.79. The molecule has 1 aliphatic heterocycles. The minimum absolute atomic E-state index is 0.0353. The Morgan fingerprint density at radius 2 is 1.67 bits per heavy atom. The van der Waals surface area contributed by atoms with E-state index in [1.807, 2.05) is 43.3 Å². The molecule has 1 heterocycles. The van der Waals surface area contributed by atoms with Crippen molar-refractivity contribution in [3.8, 4) is 11.5 Å². The number of rotatable bonds is 6. The van der Waals surface area contributed by atoms with Gasteiger partial charge >= 0.3 is 0 Å². The van der Waals surface area contributed by atoms with E-state index >= 15 is 0 Å². The number of anilines is 2. The van der Waals surface area contributed by atoms with E-state index < -0.39 is 0 Å². The molecule has 1 fully saturated rings. The van der Waals surface area contributed by atoms with E-state index in [0.717, 1.165) is 43.4 Å². The zero-order chi connectivity index (χ0) is 19.2. The first-order chi connectivity index (χ1) is 13.1. The molecule has 6 nitrogen and oxygen atoms in total. The van der Waals surface area contributed by atoms with Crippen LogP contribution in [0.25, 0.3) is 0 Å². The van der Waals surface area contributed by atoms with Crippen LogP contribution >= 0.6 is 0 Å². The van der Waals surface area contributed by atoms with Crippen molar-refractivity contribution in [2.24, 2.45) is 0 Å². The summed E-state index contributed by atoms with van der Waals surface area (Å²) in [6.07, 6.45) is 0. The number of carbonyl (C=O) groups is 1. The fourth-order valence-electron chi connectivity index (χ4n) is 3.43. The molecule has 0 unspecified atom stereocenters. The lowest BCUT2D eigenvalue weighted by Gasteiger charge is -2.36. The molecule has 0 aromatic heterocycles. The van der Waals surface area contributed by atoms with Gasteiger partial charge in [-0.25, -0.2) is 0 Å². The molecule has 0 radical (unpaired) electrons. The van der Waals surface area contributed by atoms with Gasteiger partial charge in [-0.2, -0.15) is 0 Å². The normalized spacial score (nSPS) is 15.9. The predicted molar refractivity (Wildman–Crippen MR) is 107 cm³/mol. The van der Waals surface area contributed by atoms with Gasteiger partial charge in [-0.15, -0.1) is 0 Å². The van der Waals surface area contributed by atoms with Crippen LogP contribution < -0.4 is 24.6 Å². The number of piperazine rings is 1. The molecule has 0 bridgehead atoms. The van der Waals surface area contributed by atoms with Gasteiger partial charge in [0.05, 0.1) is 40.4 Å². The van der Waals surface area contributed by atoms with Crippen LogP contribution in [0.2, 0.25) is 0 Å². The van der Waals surface area contributed by atoms with Gasteiger partial charge in [0.25, 0.3) is 5.91 Å². The van der Waals surface area contributed by atoms with Crippen molar-refractivity contribution < 1.29 is 19.2 Å². The Bertz CT molecular complexity index is 773. The summed E-state index contributed by atoms with van der Waals surface area (Å²) >= 11 is 0. The zero-order valence-electron chi connectivity index (χ0n) is 16.2. The highest BCUT2D eigenvalue weighted by Gasteiger charge is 2.29. The molecular weight excluding hydrogens is 342 g/mol. The molecule has 3 rings (SSSR count). The van der Waals surface area contributed by atoms with Gasteiger partial charge in [0.15, 0.2) is 6.04 Å². The number of methoxy groups -OCH3 is 2. The number of nitrogens with one attached hydrogen (secondary N) is 2. The second-order valence-electron chi connectivity index (χ2n) is 6.79. The third kappa shape index (κ3) is 4.71. The number of hydrogen-bond donors (Lipinski definition) is 2. The fraction of sp³-hybridized carbons (Fsp3) is 0.381. The van der Waals surface area contributed by atoms with Crippen molar-refractivity contribution >= 4 is 17.3 Å². The van der Waals surface area contributed by atoms with Crippen LogP contribution in [0, 0.1) is 0 Å². The second kappa shape index (κ2) is 8.77. The number of hydrogen-bond acceptors (Lipinski definition) is 4. The topological polar surface area (TPSA) is 55.2 Å². The summed E-state index contributed by atoms with van der Waals surface area (Å²) in [4.78, 5) is 16.3. The molecule has 0 saturated carbocycles. The third-order valence-electron chi connectivity index (χ3n) is 5.17. The minimum Gasteiger partial charge on any atom is -0.497 e. The molecule has 0 spiro atoms. The Hall–Kier alpha value is -2.73. The molecule has 27 heavy (non-hydrogen) atoms. The number of ether oxygens (including phenoxy) is 2. The van der Waals surface area contributed by atoms with Gasteiger partial charge in [0.2, 0.25) is 0 Å². The van der Waals surface area contributed by atoms with Gasteiger partial charge in [-0.1, -0.05) is 12.1 Å². The fourth-order valence-corrected chi connectivity index (χ4v) is 3.43. The van der Waals surface area contributed by atoms with Crippen LogP contribution in [0.4, 0.5) is 11.4 Å². The van der Waals surface area contributed by atoms with E-state index in [0.29, 0.717) is 0 Å².